The number of halogens is 4. The van der Waals surface area contributed by atoms with Gasteiger partial charge in [-0.2, -0.15) is 5.10 Å². The Kier molecular flexibility index (Phi) is 5.04. The number of anilines is 1. The average Bonchev–Trinajstić information content (AvgIpc) is 3.02. The van der Waals surface area contributed by atoms with Gasteiger partial charge in [-0.3, -0.25) is 5.01 Å². The monoisotopic (exact) mass is 496 g/mol. The van der Waals surface area contributed by atoms with Gasteiger partial charge < -0.3 is 5.11 Å². The van der Waals surface area contributed by atoms with Gasteiger partial charge in [0.15, 0.2) is 0 Å². The Balaban J connectivity index is 2.08. The highest BCUT2D eigenvalue weighted by atomic mass is 79.9. The average molecular weight is 499 g/mol. The van der Waals surface area contributed by atoms with Crippen molar-refractivity contribution in [3.05, 3.63) is 47.4 Å². The molecule has 2 aromatic rings. The van der Waals surface area contributed by atoms with Gasteiger partial charge in [0.25, 0.3) is 0 Å². The van der Waals surface area contributed by atoms with Crippen molar-refractivity contribution in [2.75, 3.05) is 5.01 Å². The lowest BCUT2D eigenvalue weighted by atomic mass is 10.1. The summed E-state index contributed by atoms with van der Waals surface area (Å²) in [5.41, 5.74) is 0.714. The molecule has 0 spiro atoms. The predicted octanol–water partition coefficient (Wildman–Crippen LogP) is 5.97. The van der Waals surface area contributed by atoms with Crippen LogP contribution in [0.15, 0.2) is 37.6 Å². The molecule has 1 unspecified atom stereocenters. The van der Waals surface area contributed by atoms with Crippen LogP contribution in [0, 0.1) is 0 Å². The third kappa shape index (κ3) is 3.44. The van der Waals surface area contributed by atoms with Crippen molar-refractivity contribution in [2.45, 2.75) is 12.5 Å². The molecule has 0 fully saturated rings. The number of carboxylic acid groups (broad SMARTS) is 1. The molecule has 120 valence electrons. The summed E-state index contributed by atoms with van der Waals surface area (Å²) >= 11 is 20.7. The van der Waals surface area contributed by atoms with E-state index in [4.69, 9.17) is 23.2 Å². The summed E-state index contributed by atoms with van der Waals surface area (Å²) in [6.07, 6.45) is 0.292. The van der Waals surface area contributed by atoms with Gasteiger partial charge in [-0.05, 0) is 56.1 Å². The molecule has 0 radical (unpaired) electrons. The van der Waals surface area contributed by atoms with Crippen molar-refractivity contribution in [3.63, 3.8) is 0 Å². The van der Waals surface area contributed by atoms with Gasteiger partial charge in [-0.1, -0.05) is 23.2 Å². The smallest absolute Gasteiger partial charge is 0.352 e. The molecule has 1 atom stereocenters. The minimum Gasteiger partial charge on any atom is -0.477 e. The fourth-order valence-corrected chi connectivity index (χ4v) is 5.62. The van der Waals surface area contributed by atoms with E-state index in [0.717, 1.165) is 13.1 Å². The van der Waals surface area contributed by atoms with Crippen LogP contribution in [0.4, 0.5) is 5.69 Å². The van der Waals surface area contributed by atoms with Crippen LogP contribution >= 0.6 is 66.4 Å². The van der Waals surface area contributed by atoms with Gasteiger partial charge in [-0.15, -0.1) is 11.3 Å². The number of carbonyl (C=O) groups is 1. The van der Waals surface area contributed by atoms with E-state index in [-0.39, 0.29) is 11.8 Å². The number of hydrogen-bond donors (Lipinski definition) is 1. The molecule has 0 bridgehead atoms. The Labute approximate surface area is 163 Å². The minimum atomic E-state index is -1.03. The first-order valence-electron chi connectivity index (χ1n) is 6.36. The summed E-state index contributed by atoms with van der Waals surface area (Å²) in [6.45, 7) is 0. The molecular formula is C14H8Br2Cl2N2O2S. The number of hydrazone groups is 1. The third-order valence-corrected chi connectivity index (χ3v) is 6.50. The molecule has 1 aliphatic rings. The van der Waals surface area contributed by atoms with E-state index in [0.29, 0.717) is 22.2 Å². The van der Waals surface area contributed by atoms with Crippen molar-refractivity contribution in [1.29, 1.82) is 0 Å². The molecular weight excluding hydrogens is 491 g/mol. The van der Waals surface area contributed by atoms with Crippen molar-refractivity contribution in [3.8, 4) is 0 Å². The maximum absolute atomic E-state index is 11.4. The molecule has 4 nitrogen and oxygen atoms in total. The van der Waals surface area contributed by atoms with Gasteiger partial charge in [0, 0.05) is 20.8 Å². The maximum atomic E-state index is 11.4. The molecule has 0 amide bonds. The number of aliphatic carboxylic acids is 1. The lowest BCUT2D eigenvalue weighted by Gasteiger charge is -2.24. The quantitative estimate of drug-likeness (QED) is 0.567. The van der Waals surface area contributed by atoms with E-state index >= 15 is 0 Å². The van der Waals surface area contributed by atoms with Gasteiger partial charge in [-0.25, -0.2) is 4.79 Å². The largest absolute Gasteiger partial charge is 0.477 e. The van der Waals surface area contributed by atoms with Crippen LogP contribution in [-0.4, -0.2) is 16.8 Å². The van der Waals surface area contributed by atoms with Crippen molar-refractivity contribution in [1.82, 2.24) is 0 Å². The Hall–Kier alpha value is -0.600. The first-order chi connectivity index (χ1) is 10.9. The molecule has 3 rings (SSSR count). The van der Waals surface area contributed by atoms with E-state index in [1.54, 1.807) is 23.2 Å². The summed E-state index contributed by atoms with van der Waals surface area (Å²) in [5.74, 6) is -1.03. The molecule has 0 saturated heterocycles. The zero-order chi connectivity index (χ0) is 16.7. The second kappa shape index (κ2) is 6.72. The Morgan fingerprint density at radius 2 is 2.09 bits per heavy atom. The maximum Gasteiger partial charge on any atom is 0.352 e. The van der Waals surface area contributed by atoms with E-state index in [9.17, 15) is 9.90 Å². The van der Waals surface area contributed by atoms with Crippen LogP contribution in [-0.2, 0) is 4.79 Å². The van der Waals surface area contributed by atoms with Gasteiger partial charge in [0.1, 0.15) is 5.71 Å². The van der Waals surface area contributed by atoms with E-state index in [1.807, 2.05) is 6.07 Å². The number of rotatable bonds is 3. The molecule has 9 heteroatoms. The minimum absolute atomic E-state index is 0.0949. The summed E-state index contributed by atoms with van der Waals surface area (Å²) in [4.78, 5) is 12.3. The fourth-order valence-electron chi connectivity index (χ4n) is 2.31. The number of hydrogen-bond acceptors (Lipinski definition) is 4. The van der Waals surface area contributed by atoms with Gasteiger partial charge in [0.05, 0.1) is 20.5 Å². The van der Waals surface area contributed by atoms with E-state index in [1.165, 1.54) is 11.3 Å². The molecule has 1 N–H and O–H groups in total. The highest BCUT2D eigenvalue weighted by molar-refractivity contribution is 9.11. The van der Waals surface area contributed by atoms with Crippen LogP contribution < -0.4 is 5.01 Å². The number of carboxylic acids is 1. The topological polar surface area (TPSA) is 52.9 Å². The molecule has 2 heterocycles. The molecule has 23 heavy (non-hydrogen) atoms. The third-order valence-electron chi connectivity index (χ3n) is 3.30. The highest BCUT2D eigenvalue weighted by Crippen LogP contribution is 2.45. The highest BCUT2D eigenvalue weighted by Gasteiger charge is 2.35. The van der Waals surface area contributed by atoms with E-state index in [2.05, 4.69) is 37.0 Å². The normalized spacial score (nSPS) is 17.5. The number of nitrogens with zero attached hydrogens (tertiary/aromatic N) is 2. The zero-order valence-electron chi connectivity index (χ0n) is 11.3. The summed E-state index contributed by atoms with van der Waals surface area (Å²) < 4.78 is 1.85. The molecule has 0 aliphatic carbocycles. The van der Waals surface area contributed by atoms with E-state index < -0.39 is 5.97 Å². The summed E-state index contributed by atoms with van der Waals surface area (Å²) in [7, 11) is 0. The Morgan fingerprint density at radius 1 is 1.35 bits per heavy atom. The molecule has 1 aromatic carbocycles. The van der Waals surface area contributed by atoms with Crippen LogP contribution in [0.3, 0.4) is 0 Å². The van der Waals surface area contributed by atoms with Crippen LogP contribution in [0.2, 0.25) is 10.0 Å². The van der Waals surface area contributed by atoms with Crippen molar-refractivity contribution < 1.29 is 9.90 Å². The van der Waals surface area contributed by atoms with Crippen molar-refractivity contribution >= 4 is 83.8 Å². The fraction of sp³-hybridized carbons (Fsp3) is 0.143. The second-order valence-corrected chi connectivity index (χ2v) is 8.94. The standard InChI is InChI=1S/C14H8Br2Cl2N2O2S/c15-7-4-12(16)23-13(7)11-5-9(14(21)22)19-20(11)10-2-1-6(17)3-8(10)18/h1-4,11H,5H2,(H,21,22). The molecule has 1 aliphatic heterocycles. The predicted molar refractivity (Wildman–Crippen MR) is 101 cm³/mol. The van der Waals surface area contributed by atoms with Gasteiger partial charge >= 0.3 is 5.97 Å². The second-order valence-electron chi connectivity index (χ2n) is 4.77. The Bertz CT molecular complexity index is 825. The molecule has 0 saturated carbocycles. The first-order valence-corrected chi connectivity index (χ1v) is 9.52. The van der Waals surface area contributed by atoms with Crippen molar-refractivity contribution in [2.24, 2.45) is 5.10 Å². The van der Waals surface area contributed by atoms with Gasteiger partial charge in [0.2, 0.25) is 0 Å². The zero-order valence-corrected chi connectivity index (χ0v) is 16.8. The first kappa shape index (κ1) is 17.2. The lowest BCUT2D eigenvalue weighted by Crippen LogP contribution is -2.18. The summed E-state index contributed by atoms with van der Waals surface area (Å²) in [6, 6.07) is 6.74. The number of thiophene rings is 1. The van der Waals surface area contributed by atoms with Crippen LogP contribution in [0.25, 0.3) is 0 Å². The summed E-state index contributed by atoms with van der Waals surface area (Å²) in [5, 5.41) is 16.1. The van der Waals surface area contributed by atoms with Crippen LogP contribution in [0.5, 0.6) is 0 Å². The van der Waals surface area contributed by atoms with Crippen LogP contribution in [0.1, 0.15) is 17.3 Å². The lowest BCUT2D eigenvalue weighted by molar-refractivity contribution is -0.129. The SMILES string of the molecule is O=C(O)C1=NN(c2ccc(Cl)cc2Cl)C(c2sc(Br)cc2Br)C1. The number of benzene rings is 1. The Morgan fingerprint density at radius 3 is 2.65 bits per heavy atom. The molecule has 1 aromatic heterocycles.